The Balaban J connectivity index is 0. The summed E-state index contributed by atoms with van der Waals surface area (Å²) in [6.07, 6.45) is 12.8. The van der Waals surface area contributed by atoms with Crippen molar-refractivity contribution in [3.8, 4) is 0 Å². The fourth-order valence-electron chi connectivity index (χ4n) is 1.06. The molecule has 0 heterocycles. The third kappa shape index (κ3) is 23.8. The Labute approximate surface area is 109 Å². The van der Waals surface area contributed by atoms with E-state index >= 15 is 0 Å². The SMILES string of the molecule is C=CCCCCCN=C=O.C=CCCCN=C=O. The highest BCUT2D eigenvalue weighted by molar-refractivity contribution is 5.32. The largest absolute Gasteiger partial charge is 0.234 e. The van der Waals surface area contributed by atoms with Gasteiger partial charge < -0.3 is 0 Å². The first-order valence-corrected chi connectivity index (χ1v) is 6.12. The average Bonchev–Trinajstić information content (AvgIpc) is 2.40. The molecule has 0 aliphatic heterocycles. The van der Waals surface area contributed by atoms with Crippen molar-refractivity contribution in [3.63, 3.8) is 0 Å². The maximum atomic E-state index is 9.59. The van der Waals surface area contributed by atoms with Crippen LogP contribution in [-0.4, -0.2) is 25.2 Å². The molecule has 0 aromatic heterocycles. The summed E-state index contributed by atoms with van der Waals surface area (Å²) in [6.45, 7) is 8.33. The van der Waals surface area contributed by atoms with Crippen LogP contribution in [0.25, 0.3) is 0 Å². The zero-order chi connectivity index (χ0) is 13.9. The van der Waals surface area contributed by atoms with Crippen molar-refractivity contribution in [1.82, 2.24) is 0 Å². The molecule has 0 aromatic carbocycles. The van der Waals surface area contributed by atoms with Crippen LogP contribution in [0.5, 0.6) is 0 Å². The van der Waals surface area contributed by atoms with E-state index in [2.05, 4.69) is 23.1 Å². The van der Waals surface area contributed by atoms with Crippen LogP contribution in [0.2, 0.25) is 0 Å². The Morgan fingerprint density at radius 3 is 1.78 bits per heavy atom. The van der Waals surface area contributed by atoms with Gasteiger partial charge in [-0.25, -0.2) is 19.6 Å². The molecule has 0 bridgehead atoms. The first-order chi connectivity index (χ1) is 8.83. The van der Waals surface area contributed by atoms with Gasteiger partial charge in [0.25, 0.3) is 0 Å². The van der Waals surface area contributed by atoms with Crippen LogP contribution >= 0.6 is 0 Å². The van der Waals surface area contributed by atoms with Crippen molar-refractivity contribution in [3.05, 3.63) is 25.3 Å². The lowest BCUT2D eigenvalue weighted by molar-refractivity contribution is 0.561. The maximum absolute atomic E-state index is 9.59. The minimum absolute atomic E-state index is 0.579. The molecule has 0 saturated heterocycles. The molecule has 0 amide bonds. The van der Waals surface area contributed by atoms with Gasteiger partial charge in [0.2, 0.25) is 12.2 Å². The van der Waals surface area contributed by atoms with Gasteiger partial charge in [-0.1, -0.05) is 18.6 Å². The van der Waals surface area contributed by atoms with Gasteiger partial charge in [0, 0.05) is 0 Å². The van der Waals surface area contributed by atoms with E-state index < -0.39 is 0 Å². The van der Waals surface area contributed by atoms with Crippen LogP contribution in [0.4, 0.5) is 0 Å². The molecule has 0 radical (unpaired) electrons. The monoisotopic (exact) mass is 250 g/mol. The zero-order valence-electron chi connectivity index (χ0n) is 10.9. The first kappa shape index (κ1) is 18.6. The standard InChI is InChI=1S/C8H13NO.C6H9NO/c1-2-3-4-5-6-7-9-8-10;1-2-3-4-5-7-6-8/h2H,1,3-7H2;2H,1,3-5H2. The molecule has 0 spiro atoms. The molecule has 0 fully saturated rings. The van der Waals surface area contributed by atoms with Crippen LogP contribution in [0.1, 0.15) is 38.5 Å². The molecule has 0 aliphatic rings. The van der Waals surface area contributed by atoms with Crippen molar-refractivity contribution in [1.29, 1.82) is 0 Å². The molecule has 0 N–H and O–H groups in total. The van der Waals surface area contributed by atoms with E-state index in [1.54, 1.807) is 6.08 Å². The van der Waals surface area contributed by atoms with Crippen LogP contribution in [0, 0.1) is 0 Å². The number of hydrogen-bond donors (Lipinski definition) is 0. The summed E-state index contributed by atoms with van der Waals surface area (Å²) in [7, 11) is 0. The Hall–Kier alpha value is -1.76. The van der Waals surface area contributed by atoms with E-state index in [-0.39, 0.29) is 0 Å². The molecule has 0 aliphatic carbocycles. The molecule has 0 rings (SSSR count). The van der Waals surface area contributed by atoms with Gasteiger partial charge in [-0.2, -0.15) is 0 Å². The number of isocyanates is 2. The molecule has 0 atom stereocenters. The van der Waals surface area contributed by atoms with E-state index in [9.17, 15) is 9.59 Å². The van der Waals surface area contributed by atoms with Gasteiger partial charge in [-0.3, -0.25) is 0 Å². The Kier molecular flexibility index (Phi) is 21.3. The summed E-state index contributed by atoms with van der Waals surface area (Å²) in [6, 6.07) is 0. The number of nitrogens with zero attached hydrogens (tertiary/aromatic N) is 2. The second kappa shape index (κ2) is 20.6. The lowest BCUT2D eigenvalue weighted by atomic mass is 10.2. The van der Waals surface area contributed by atoms with Gasteiger partial charge >= 0.3 is 0 Å². The van der Waals surface area contributed by atoms with Gasteiger partial charge in [-0.05, 0) is 32.1 Å². The molecule has 4 nitrogen and oxygen atoms in total. The van der Waals surface area contributed by atoms with Crippen molar-refractivity contribution < 1.29 is 9.59 Å². The van der Waals surface area contributed by atoms with Crippen molar-refractivity contribution in [2.75, 3.05) is 13.1 Å². The van der Waals surface area contributed by atoms with Crippen LogP contribution in [0.15, 0.2) is 35.3 Å². The van der Waals surface area contributed by atoms with Crippen LogP contribution < -0.4 is 0 Å². The summed E-state index contributed by atoms with van der Waals surface area (Å²) < 4.78 is 0. The molecular weight excluding hydrogens is 228 g/mol. The Bertz CT molecular complexity index is 288. The molecule has 4 heteroatoms. The highest BCUT2D eigenvalue weighted by Crippen LogP contribution is 1.99. The van der Waals surface area contributed by atoms with Gasteiger partial charge in [-0.15, -0.1) is 13.2 Å². The predicted octanol–water partition coefficient (Wildman–Crippen LogP) is 3.36. The second-order valence-electron chi connectivity index (χ2n) is 3.51. The Morgan fingerprint density at radius 2 is 1.28 bits per heavy atom. The highest BCUT2D eigenvalue weighted by atomic mass is 16.1. The smallest absolute Gasteiger partial charge is 0.211 e. The molecule has 0 aromatic rings. The van der Waals surface area contributed by atoms with Crippen LogP contribution in [-0.2, 0) is 9.59 Å². The molecular formula is C14H22N2O2. The minimum Gasteiger partial charge on any atom is -0.211 e. The number of carbonyl (C=O) groups excluding carboxylic acids is 2. The van der Waals surface area contributed by atoms with E-state index in [4.69, 9.17) is 0 Å². The summed E-state index contributed by atoms with van der Waals surface area (Å²) in [5, 5.41) is 0. The molecule has 18 heavy (non-hydrogen) atoms. The number of aliphatic imine (C=N–C) groups is 2. The summed E-state index contributed by atoms with van der Waals surface area (Å²) in [5.74, 6) is 0. The van der Waals surface area contributed by atoms with Gasteiger partial charge in [0.1, 0.15) is 0 Å². The second-order valence-corrected chi connectivity index (χ2v) is 3.51. The molecule has 100 valence electrons. The van der Waals surface area contributed by atoms with Gasteiger partial charge in [0.05, 0.1) is 13.1 Å². The third-order valence-corrected chi connectivity index (χ3v) is 1.99. The third-order valence-electron chi connectivity index (χ3n) is 1.99. The first-order valence-electron chi connectivity index (χ1n) is 6.12. The van der Waals surface area contributed by atoms with Crippen LogP contribution in [0.3, 0.4) is 0 Å². The predicted molar refractivity (Wildman–Crippen MR) is 74.1 cm³/mol. The lowest BCUT2D eigenvalue weighted by Gasteiger charge is -1.91. The summed E-state index contributed by atoms with van der Waals surface area (Å²) in [4.78, 5) is 25.8. The van der Waals surface area contributed by atoms with Crippen molar-refractivity contribution >= 4 is 12.2 Å². The zero-order valence-corrected chi connectivity index (χ0v) is 10.9. The number of rotatable bonds is 10. The minimum atomic E-state index is 0.579. The van der Waals surface area contributed by atoms with Gasteiger partial charge in [0.15, 0.2) is 0 Å². The van der Waals surface area contributed by atoms with E-state index in [1.807, 2.05) is 6.08 Å². The summed E-state index contributed by atoms with van der Waals surface area (Å²) in [5.41, 5.74) is 0. The van der Waals surface area contributed by atoms with Crippen molar-refractivity contribution in [2.24, 2.45) is 9.98 Å². The average molecular weight is 250 g/mol. The number of unbranched alkanes of at least 4 members (excludes halogenated alkanes) is 4. The Morgan fingerprint density at radius 1 is 0.778 bits per heavy atom. The quantitative estimate of drug-likeness (QED) is 0.258. The lowest BCUT2D eigenvalue weighted by Crippen LogP contribution is -1.80. The summed E-state index contributed by atoms with van der Waals surface area (Å²) >= 11 is 0. The fraction of sp³-hybridized carbons (Fsp3) is 0.571. The maximum Gasteiger partial charge on any atom is 0.234 e. The number of hydrogen-bond acceptors (Lipinski definition) is 4. The fourth-order valence-corrected chi connectivity index (χ4v) is 1.06. The molecule has 0 saturated carbocycles. The number of allylic oxidation sites excluding steroid dienone is 2. The topological polar surface area (TPSA) is 58.9 Å². The normalized spacial score (nSPS) is 8.00. The van der Waals surface area contributed by atoms with E-state index in [1.165, 1.54) is 12.2 Å². The molecule has 0 unspecified atom stereocenters. The van der Waals surface area contributed by atoms with E-state index in [0.29, 0.717) is 13.1 Å². The highest BCUT2D eigenvalue weighted by Gasteiger charge is 1.84. The van der Waals surface area contributed by atoms with E-state index in [0.717, 1.165) is 38.5 Å². The van der Waals surface area contributed by atoms with Crippen molar-refractivity contribution in [2.45, 2.75) is 38.5 Å².